The summed E-state index contributed by atoms with van der Waals surface area (Å²) in [6.07, 6.45) is 0. The molecule has 0 saturated heterocycles. The highest BCUT2D eigenvalue weighted by Crippen LogP contribution is 2.28. The van der Waals surface area contributed by atoms with E-state index in [4.69, 9.17) is 19.9 Å². The Kier molecular flexibility index (Phi) is 7.19. The van der Waals surface area contributed by atoms with Gasteiger partial charge in [-0.2, -0.15) is 0 Å². The lowest BCUT2D eigenvalue weighted by Gasteiger charge is -2.12. The molecular weight excluding hydrogens is 286 g/mol. The lowest BCUT2D eigenvalue weighted by Crippen LogP contribution is -2.11. The number of halogens is 1. The van der Waals surface area contributed by atoms with E-state index in [1.165, 1.54) is 0 Å². The first-order valence-corrected chi connectivity index (χ1v) is 6.25. The van der Waals surface area contributed by atoms with Gasteiger partial charge in [0.05, 0.1) is 24.3 Å². The van der Waals surface area contributed by atoms with Crippen LogP contribution >= 0.6 is 15.9 Å². The van der Waals surface area contributed by atoms with Crippen molar-refractivity contribution < 1.29 is 14.2 Å². The highest BCUT2D eigenvalue weighted by Gasteiger charge is 2.06. The fourth-order valence-electron chi connectivity index (χ4n) is 1.32. The molecule has 0 aliphatic carbocycles. The molecule has 0 unspecified atom stereocenters. The lowest BCUT2D eigenvalue weighted by atomic mass is 10.2. The van der Waals surface area contributed by atoms with Gasteiger partial charge in [0.1, 0.15) is 12.4 Å². The summed E-state index contributed by atoms with van der Waals surface area (Å²) in [5.41, 5.74) is 6.62. The van der Waals surface area contributed by atoms with Gasteiger partial charge < -0.3 is 19.9 Å². The van der Waals surface area contributed by atoms with Crippen LogP contribution in [0.4, 0.5) is 0 Å². The molecule has 1 aromatic carbocycles. The highest BCUT2D eigenvalue weighted by molar-refractivity contribution is 9.10. The first-order chi connectivity index (χ1) is 8.29. The maximum Gasteiger partial charge on any atom is 0.138 e. The minimum Gasteiger partial charge on any atom is -0.490 e. The van der Waals surface area contributed by atoms with Crippen molar-refractivity contribution in [1.29, 1.82) is 0 Å². The fraction of sp³-hybridized carbons (Fsp3) is 0.500. The second-order valence-electron chi connectivity index (χ2n) is 3.39. The summed E-state index contributed by atoms with van der Waals surface area (Å²) >= 11 is 3.44. The number of rotatable bonds is 8. The molecule has 0 spiro atoms. The van der Waals surface area contributed by atoms with Crippen LogP contribution in [0.25, 0.3) is 0 Å². The van der Waals surface area contributed by atoms with Gasteiger partial charge >= 0.3 is 0 Å². The second kappa shape index (κ2) is 8.47. The normalized spacial score (nSPS) is 10.5. The lowest BCUT2D eigenvalue weighted by molar-refractivity contribution is 0.0541. The molecule has 2 N–H and O–H groups in total. The maximum atomic E-state index is 5.65. The predicted molar refractivity (Wildman–Crippen MR) is 70.2 cm³/mol. The third-order valence-corrected chi connectivity index (χ3v) is 2.80. The molecule has 0 bridgehead atoms. The van der Waals surface area contributed by atoms with Gasteiger partial charge in [0.15, 0.2) is 0 Å². The topological polar surface area (TPSA) is 53.7 Å². The molecule has 0 atom stereocenters. The number of ether oxygens (including phenoxy) is 3. The average Bonchev–Trinajstić information content (AvgIpc) is 2.35. The van der Waals surface area contributed by atoms with Crippen molar-refractivity contribution in [3.8, 4) is 5.75 Å². The zero-order chi connectivity index (χ0) is 12.5. The van der Waals surface area contributed by atoms with Crippen molar-refractivity contribution in [3.63, 3.8) is 0 Å². The maximum absolute atomic E-state index is 5.65. The summed E-state index contributed by atoms with van der Waals surface area (Å²) < 4.78 is 16.7. The Morgan fingerprint density at radius 1 is 1.18 bits per heavy atom. The van der Waals surface area contributed by atoms with Crippen LogP contribution in [-0.2, 0) is 16.0 Å². The van der Waals surface area contributed by atoms with Gasteiger partial charge in [-0.1, -0.05) is 12.1 Å². The SMILES string of the molecule is COCCOCCOc1c(Br)cccc1CN. The molecule has 0 aliphatic heterocycles. The Morgan fingerprint density at radius 3 is 2.65 bits per heavy atom. The molecule has 0 radical (unpaired) electrons. The largest absolute Gasteiger partial charge is 0.490 e. The minimum absolute atomic E-state index is 0.458. The van der Waals surface area contributed by atoms with Crippen LogP contribution in [0.5, 0.6) is 5.75 Å². The summed E-state index contributed by atoms with van der Waals surface area (Å²) in [4.78, 5) is 0. The van der Waals surface area contributed by atoms with Gasteiger partial charge in [0.25, 0.3) is 0 Å². The Hall–Kier alpha value is -0.620. The number of nitrogens with two attached hydrogens (primary N) is 1. The summed E-state index contributed by atoms with van der Waals surface area (Å²) in [6, 6.07) is 5.82. The van der Waals surface area contributed by atoms with Crippen molar-refractivity contribution in [1.82, 2.24) is 0 Å². The van der Waals surface area contributed by atoms with Crippen molar-refractivity contribution >= 4 is 15.9 Å². The van der Waals surface area contributed by atoms with E-state index in [2.05, 4.69) is 15.9 Å². The molecule has 1 aromatic rings. The molecule has 96 valence electrons. The van der Waals surface area contributed by atoms with Gasteiger partial charge in [-0.15, -0.1) is 0 Å². The van der Waals surface area contributed by atoms with Gasteiger partial charge in [0, 0.05) is 19.2 Å². The monoisotopic (exact) mass is 303 g/mol. The molecular formula is C12H18BrNO3. The molecule has 5 heteroatoms. The zero-order valence-electron chi connectivity index (χ0n) is 9.95. The first kappa shape index (κ1) is 14.4. The molecule has 1 rings (SSSR count). The van der Waals surface area contributed by atoms with Crippen LogP contribution in [0.1, 0.15) is 5.56 Å². The van der Waals surface area contributed by atoms with E-state index >= 15 is 0 Å². The smallest absolute Gasteiger partial charge is 0.138 e. The van der Waals surface area contributed by atoms with E-state index in [-0.39, 0.29) is 0 Å². The molecule has 0 fully saturated rings. The number of methoxy groups -OCH3 is 1. The second-order valence-corrected chi connectivity index (χ2v) is 4.24. The van der Waals surface area contributed by atoms with E-state index in [1.54, 1.807) is 7.11 Å². The number of para-hydroxylation sites is 1. The quantitative estimate of drug-likeness (QED) is 0.746. The number of hydrogen-bond acceptors (Lipinski definition) is 4. The molecule has 0 heterocycles. The van der Waals surface area contributed by atoms with Crippen LogP contribution in [0.2, 0.25) is 0 Å². The molecule has 0 aliphatic rings. The van der Waals surface area contributed by atoms with Gasteiger partial charge in [-0.25, -0.2) is 0 Å². The van der Waals surface area contributed by atoms with Crippen molar-refractivity contribution in [2.24, 2.45) is 5.73 Å². The van der Waals surface area contributed by atoms with E-state index < -0.39 is 0 Å². The highest BCUT2D eigenvalue weighted by atomic mass is 79.9. The zero-order valence-corrected chi connectivity index (χ0v) is 11.5. The first-order valence-electron chi connectivity index (χ1n) is 5.46. The van der Waals surface area contributed by atoms with Crippen molar-refractivity contribution in [3.05, 3.63) is 28.2 Å². The molecule has 0 saturated carbocycles. The Bertz CT molecular complexity index is 334. The van der Waals surface area contributed by atoms with Gasteiger partial charge in [0.2, 0.25) is 0 Å². The molecule has 4 nitrogen and oxygen atoms in total. The molecule has 17 heavy (non-hydrogen) atoms. The Balaban J connectivity index is 2.35. The van der Waals surface area contributed by atoms with Gasteiger partial charge in [-0.3, -0.25) is 0 Å². The van der Waals surface area contributed by atoms with Crippen LogP contribution in [0.15, 0.2) is 22.7 Å². The Morgan fingerprint density at radius 2 is 1.94 bits per heavy atom. The third kappa shape index (κ3) is 5.04. The number of hydrogen-bond donors (Lipinski definition) is 1. The van der Waals surface area contributed by atoms with Crippen LogP contribution in [0.3, 0.4) is 0 Å². The minimum atomic E-state index is 0.458. The predicted octanol–water partition coefficient (Wildman–Crippen LogP) is 1.95. The van der Waals surface area contributed by atoms with E-state index in [1.807, 2.05) is 18.2 Å². The third-order valence-electron chi connectivity index (χ3n) is 2.17. The molecule has 0 amide bonds. The van der Waals surface area contributed by atoms with Crippen molar-refractivity contribution in [2.45, 2.75) is 6.54 Å². The average molecular weight is 304 g/mol. The summed E-state index contributed by atoms with van der Waals surface area (Å²) in [5.74, 6) is 0.797. The van der Waals surface area contributed by atoms with Crippen LogP contribution in [-0.4, -0.2) is 33.5 Å². The Labute approximate surface area is 110 Å². The van der Waals surface area contributed by atoms with E-state index in [0.717, 1.165) is 15.8 Å². The number of benzene rings is 1. The van der Waals surface area contributed by atoms with E-state index in [9.17, 15) is 0 Å². The van der Waals surface area contributed by atoms with Gasteiger partial charge in [-0.05, 0) is 22.0 Å². The molecule has 0 aromatic heterocycles. The summed E-state index contributed by atoms with van der Waals surface area (Å²) in [5, 5.41) is 0. The van der Waals surface area contributed by atoms with E-state index in [0.29, 0.717) is 33.0 Å². The van der Waals surface area contributed by atoms with Crippen molar-refractivity contribution in [2.75, 3.05) is 33.5 Å². The summed E-state index contributed by atoms with van der Waals surface area (Å²) in [6.45, 7) is 2.68. The van der Waals surface area contributed by atoms with Crippen LogP contribution in [0, 0.1) is 0 Å². The van der Waals surface area contributed by atoms with Crippen LogP contribution < -0.4 is 10.5 Å². The fourth-order valence-corrected chi connectivity index (χ4v) is 1.84. The summed E-state index contributed by atoms with van der Waals surface area (Å²) in [7, 11) is 1.65. The standard InChI is InChI=1S/C12H18BrNO3/c1-15-5-6-16-7-8-17-12-10(9-14)3-2-4-11(12)13/h2-4H,5-9,14H2,1H3.